The lowest BCUT2D eigenvalue weighted by Crippen LogP contribution is -2.44. The lowest BCUT2D eigenvalue weighted by atomic mass is 10.1. The smallest absolute Gasteiger partial charge is 0.320 e. The zero-order valence-corrected chi connectivity index (χ0v) is 8.74. The Labute approximate surface area is 88.9 Å². The fourth-order valence-corrected chi connectivity index (χ4v) is 0.996. The van der Waals surface area contributed by atoms with Crippen molar-refractivity contribution in [1.29, 1.82) is 5.26 Å². The molecule has 0 bridgehead atoms. The maximum atomic E-state index is 11.4. The van der Waals surface area contributed by atoms with Gasteiger partial charge in [0.2, 0.25) is 0 Å². The summed E-state index contributed by atoms with van der Waals surface area (Å²) in [6, 6.07) is 10.7. The summed E-state index contributed by atoms with van der Waals surface area (Å²) >= 11 is 0. The van der Waals surface area contributed by atoms with Crippen LogP contribution in [0.2, 0.25) is 0 Å². The first-order valence-corrected chi connectivity index (χ1v) is 4.59. The summed E-state index contributed by atoms with van der Waals surface area (Å²) in [4.78, 5) is 11.4. The van der Waals surface area contributed by atoms with Crippen molar-refractivity contribution in [3.8, 4) is 6.07 Å². The molecule has 0 aliphatic heterocycles. The third-order valence-electron chi connectivity index (χ3n) is 1.74. The molecular weight excluding hydrogens is 190 g/mol. The third-order valence-corrected chi connectivity index (χ3v) is 1.74. The average molecular weight is 203 g/mol. The van der Waals surface area contributed by atoms with Crippen LogP contribution in [0.5, 0.6) is 0 Å². The predicted octanol–water partition coefficient (Wildman–Crippen LogP) is 2.11. The van der Waals surface area contributed by atoms with E-state index in [2.05, 4.69) is 10.6 Å². The summed E-state index contributed by atoms with van der Waals surface area (Å²) in [6.45, 7) is 3.27. The largest absolute Gasteiger partial charge is 0.320 e. The van der Waals surface area contributed by atoms with Crippen molar-refractivity contribution in [3.63, 3.8) is 0 Å². The topological polar surface area (TPSA) is 64.9 Å². The van der Waals surface area contributed by atoms with Gasteiger partial charge in [-0.25, -0.2) is 4.79 Å². The monoisotopic (exact) mass is 203 g/mol. The molecule has 0 heterocycles. The predicted molar refractivity (Wildman–Crippen MR) is 58.3 cm³/mol. The number of hydrogen-bond donors (Lipinski definition) is 2. The number of rotatable bonds is 2. The van der Waals surface area contributed by atoms with Crippen LogP contribution in [0.15, 0.2) is 30.3 Å². The Morgan fingerprint density at radius 2 is 1.93 bits per heavy atom. The Bertz CT molecular complexity index is 379. The molecule has 0 radical (unpaired) electrons. The minimum atomic E-state index is -0.862. The molecular formula is C11H13N3O. The van der Waals surface area contributed by atoms with Crippen LogP contribution in [0.1, 0.15) is 13.8 Å². The fourth-order valence-electron chi connectivity index (χ4n) is 0.996. The number of benzene rings is 1. The van der Waals surface area contributed by atoms with E-state index in [1.165, 1.54) is 0 Å². The second-order valence-corrected chi connectivity index (χ2v) is 3.68. The molecule has 0 saturated carbocycles. The molecule has 0 saturated heterocycles. The molecule has 0 aliphatic rings. The van der Waals surface area contributed by atoms with Crippen molar-refractivity contribution in [1.82, 2.24) is 5.32 Å². The minimum Gasteiger partial charge on any atom is -0.320 e. The number of amides is 2. The molecule has 0 fully saturated rings. The zero-order chi connectivity index (χ0) is 11.3. The maximum absolute atomic E-state index is 11.4. The quantitative estimate of drug-likeness (QED) is 0.773. The van der Waals surface area contributed by atoms with Gasteiger partial charge in [0.05, 0.1) is 6.07 Å². The number of nitriles is 1. The highest BCUT2D eigenvalue weighted by molar-refractivity contribution is 5.89. The van der Waals surface area contributed by atoms with Gasteiger partial charge in [-0.3, -0.25) is 0 Å². The third kappa shape index (κ3) is 3.69. The van der Waals surface area contributed by atoms with Gasteiger partial charge in [-0.2, -0.15) is 5.26 Å². The van der Waals surface area contributed by atoms with Crippen molar-refractivity contribution in [2.45, 2.75) is 19.4 Å². The van der Waals surface area contributed by atoms with Crippen LogP contribution in [0.4, 0.5) is 10.5 Å². The van der Waals surface area contributed by atoms with Gasteiger partial charge in [-0.05, 0) is 26.0 Å². The van der Waals surface area contributed by atoms with Gasteiger partial charge in [0, 0.05) is 5.69 Å². The van der Waals surface area contributed by atoms with Gasteiger partial charge in [-0.1, -0.05) is 18.2 Å². The summed E-state index contributed by atoms with van der Waals surface area (Å²) in [6.07, 6.45) is 0. The SMILES string of the molecule is CC(C)(C#N)NC(=O)Nc1ccccc1. The zero-order valence-electron chi connectivity index (χ0n) is 8.74. The van der Waals surface area contributed by atoms with E-state index in [-0.39, 0.29) is 6.03 Å². The number of urea groups is 1. The van der Waals surface area contributed by atoms with E-state index in [0.717, 1.165) is 0 Å². The molecule has 2 amide bonds. The van der Waals surface area contributed by atoms with Crippen LogP contribution in [0, 0.1) is 11.3 Å². The van der Waals surface area contributed by atoms with Crippen molar-refractivity contribution < 1.29 is 4.79 Å². The highest BCUT2D eigenvalue weighted by Crippen LogP contribution is 2.05. The first-order valence-electron chi connectivity index (χ1n) is 4.59. The summed E-state index contributed by atoms with van der Waals surface area (Å²) < 4.78 is 0. The number of anilines is 1. The standard InChI is InChI=1S/C11H13N3O/c1-11(2,8-12)14-10(15)13-9-6-4-3-5-7-9/h3-7H,1-2H3,(H2,13,14,15). The van der Waals surface area contributed by atoms with Gasteiger partial charge in [-0.15, -0.1) is 0 Å². The van der Waals surface area contributed by atoms with E-state index < -0.39 is 5.54 Å². The number of nitrogens with zero attached hydrogens (tertiary/aromatic N) is 1. The van der Waals surface area contributed by atoms with Crippen molar-refractivity contribution in [2.24, 2.45) is 0 Å². The molecule has 4 nitrogen and oxygen atoms in total. The number of hydrogen-bond acceptors (Lipinski definition) is 2. The molecule has 0 spiro atoms. The maximum Gasteiger partial charge on any atom is 0.320 e. The number of carbonyl (C=O) groups is 1. The number of para-hydroxylation sites is 1. The van der Waals surface area contributed by atoms with E-state index in [1.54, 1.807) is 26.0 Å². The van der Waals surface area contributed by atoms with E-state index in [9.17, 15) is 4.79 Å². The molecule has 4 heteroatoms. The van der Waals surface area contributed by atoms with Crippen molar-refractivity contribution >= 4 is 11.7 Å². The van der Waals surface area contributed by atoms with Gasteiger partial charge >= 0.3 is 6.03 Å². The van der Waals surface area contributed by atoms with Crippen molar-refractivity contribution in [3.05, 3.63) is 30.3 Å². The second kappa shape index (κ2) is 4.47. The van der Waals surface area contributed by atoms with Crippen molar-refractivity contribution in [2.75, 3.05) is 5.32 Å². The van der Waals surface area contributed by atoms with Crippen LogP contribution >= 0.6 is 0 Å². The van der Waals surface area contributed by atoms with E-state index >= 15 is 0 Å². The van der Waals surface area contributed by atoms with Crippen LogP contribution in [0.25, 0.3) is 0 Å². The molecule has 15 heavy (non-hydrogen) atoms. The molecule has 0 atom stereocenters. The second-order valence-electron chi connectivity index (χ2n) is 3.68. The van der Waals surface area contributed by atoms with Gasteiger partial charge in [0.25, 0.3) is 0 Å². The number of nitrogens with one attached hydrogen (secondary N) is 2. The molecule has 0 unspecified atom stereocenters. The minimum absolute atomic E-state index is 0.382. The normalized spacial score (nSPS) is 10.2. The fraction of sp³-hybridized carbons (Fsp3) is 0.273. The molecule has 1 aromatic rings. The Morgan fingerprint density at radius 1 is 1.33 bits per heavy atom. The molecule has 78 valence electrons. The lowest BCUT2D eigenvalue weighted by Gasteiger charge is -2.17. The first kappa shape index (κ1) is 11.1. The van der Waals surface area contributed by atoms with Crippen LogP contribution < -0.4 is 10.6 Å². The first-order chi connectivity index (χ1) is 7.03. The van der Waals surface area contributed by atoms with Gasteiger partial charge in [0.1, 0.15) is 5.54 Å². The van der Waals surface area contributed by atoms with E-state index in [4.69, 9.17) is 5.26 Å². The Kier molecular flexibility index (Phi) is 3.29. The summed E-state index contributed by atoms with van der Waals surface area (Å²) in [5.74, 6) is 0. The van der Waals surface area contributed by atoms with E-state index in [0.29, 0.717) is 5.69 Å². The van der Waals surface area contributed by atoms with Crippen LogP contribution in [0.3, 0.4) is 0 Å². The Balaban J connectivity index is 2.55. The average Bonchev–Trinajstić information content (AvgIpc) is 2.18. The Morgan fingerprint density at radius 3 is 2.47 bits per heavy atom. The Hall–Kier alpha value is -2.02. The lowest BCUT2D eigenvalue weighted by molar-refractivity contribution is 0.246. The molecule has 0 aliphatic carbocycles. The molecule has 1 aromatic carbocycles. The highest BCUT2D eigenvalue weighted by atomic mass is 16.2. The molecule has 2 N–H and O–H groups in total. The van der Waals surface area contributed by atoms with E-state index in [1.807, 2.05) is 24.3 Å². The summed E-state index contributed by atoms with van der Waals surface area (Å²) in [5.41, 5.74) is -0.164. The number of carbonyl (C=O) groups excluding carboxylic acids is 1. The van der Waals surface area contributed by atoms with Gasteiger partial charge in [0.15, 0.2) is 0 Å². The summed E-state index contributed by atoms with van der Waals surface area (Å²) in [7, 11) is 0. The van der Waals surface area contributed by atoms with Gasteiger partial charge < -0.3 is 10.6 Å². The molecule has 0 aromatic heterocycles. The van der Waals surface area contributed by atoms with Crippen LogP contribution in [-0.4, -0.2) is 11.6 Å². The summed E-state index contributed by atoms with van der Waals surface area (Å²) in [5, 5.41) is 13.9. The van der Waals surface area contributed by atoms with Crippen LogP contribution in [-0.2, 0) is 0 Å². The molecule has 1 rings (SSSR count). The highest BCUT2D eigenvalue weighted by Gasteiger charge is 2.18.